The monoisotopic (exact) mass is 505 g/mol. The van der Waals surface area contributed by atoms with Gasteiger partial charge < -0.3 is 4.74 Å². The molecule has 2 saturated heterocycles. The molecule has 0 N–H and O–H groups in total. The number of Topliss-reactive ketones (excluding diaryl/α,β-unsaturated/α-hetero) is 2. The van der Waals surface area contributed by atoms with Gasteiger partial charge in [-0.3, -0.25) is 19.2 Å². The van der Waals surface area contributed by atoms with Crippen molar-refractivity contribution in [1.29, 1.82) is 0 Å². The first-order chi connectivity index (χ1) is 17.6. The molecule has 37 heavy (non-hydrogen) atoms. The van der Waals surface area contributed by atoms with E-state index in [9.17, 15) is 32.3 Å². The number of hydrogen-bond donors (Lipinski definition) is 0. The third kappa shape index (κ3) is 3.10. The van der Waals surface area contributed by atoms with Gasteiger partial charge in [0.25, 0.3) is 0 Å². The number of carbonyl (C=O) groups is 4. The number of fused-ring (bicyclic) bond motifs is 3. The van der Waals surface area contributed by atoms with Crippen molar-refractivity contribution in [2.24, 2.45) is 11.8 Å². The molecule has 0 unspecified atom stereocenters. The van der Waals surface area contributed by atoms with Gasteiger partial charge in [0.05, 0.1) is 29.2 Å². The number of alkyl halides is 3. The van der Waals surface area contributed by atoms with Crippen LogP contribution in [0.5, 0.6) is 0 Å². The maximum atomic E-state index is 13.8. The van der Waals surface area contributed by atoms with Crippen LogP contribution >= 0.6 is 0 Å². The zero-order valence-electron chi connectivity index (χ0n) is 19.3. The summed E-state index contributed by atoms with van der Waals surface area (Å²) < 4.78 is 45.4. The minimum Gasteiger partial charge on any atom is -0.349 e. The van der Waals surface area contributed by atoms with Gasteiger partial charge >= 0.3 is 6.18 Å². The molecule has 3 aromatic rings. The largest absolute Gasteiger partial charge is 0.416 e. The Morgan fingerprint density at radius 3 is 1.89 bits per heavy atom. The Morgan fingerprint density at radius 1 is 0.784 bits per heavy atom. The number of aryl methyl sites for hydroxylation is 1. The molecule has 3 aliphatic rings. The van der Waals surface area contributed by atoms with E-state index < -0.39 is 58.7 Å². The van der Waals surface area contributed by atoms with Gasteiger partial charge in [0.15, 0.2) is 0 Å². The highest BCUT2D eigenvalue weighted by Crippen LogP contribution is 2.57. The lowest BCUT2D eigenvalue weighted by Crippen LogP contribution is -2.51. The molecule has 2 aliphatic heterocycles. The minimum absolute atomic E-state index is 0.0781. The quantitative estimate of drug-likeness (QED) is 0.372. The van der Waals surface area contributed by atoms with Gasteiger partial charge in [0.2, 0.25) is 29.0 Å². The van der Waals surface area contributed by atoms with Gasteiger partial charge in [-0.25, -0.2) is 4.90 Å². The number of rotatable bonds is 2. The van der Waals surface area contributed by atoms with E-state index in [1.54, 1.807) is 36.4 Å². The first-order valence-corrected chi connectivity index (χ1v) is 11.5. The van der Waals surface area contributed by atoms with Crippen molar-refractivity contribution in [3.05, 3.63) is 101 Å². The van der Waals surface area contributed by atoms with Crippen LogP contribution in [0.4, 0.5) is 18.9 Å². The average molecular weight is 505 g/mol. The topological polar surface area (TPSA) is 80.8 Å². The second-order valence-corrected chi connectivity index (χ2v) is 9.45. The van der Waals surface area contributed by atoms with Crippen LogP contribution in [0.2, 0.25) is 0 Å². The van der Waals surface area contributed by atoms with Gasteiger partial charge in [-0.1, -0.05) is 54.1 Å². The van der Waals surface area contributed by atoms with E-state index in [4.69, 9.17) is 4.74 Å². The van der Waals surface area contributed by atoms with Crippen molar-refractivity contribution in [2.45, 2.75) is 24.8 Å². The zero-order chi connectivity index (χ0) is 26.3. The fourth-order valence-corrected chi connectivity index (χ4v) is 5.63. The smallest absolute Gasteiger partial charge is 0.349 e. The Hall–Kier alpha value is -4.11. The highest BCUT2D eigenvalue weighted by Gasteiger charge is 2.74. The number of ether oxygens (including phenoxy) is 1. The summed E-state index contributed by atoms with van der Waals surface area (Å²) in [5.41, 5.74) is -1.63. The molecule has 6 nitrogen and oxygen atoms in total. The number of halogens is 3. The summed E-state index contributed by atoms with van der Waals surface area (Å²) in [4.78, 5) is 55.7. The Labute approximate surface area is 208 Å². The number of anilines is 1. The first-order valence-electron chi connectivity index (χ1n) is 11.5. The van der Waals surface area contributed by atoms with Gasteiger partial charge in [-0.05, 0) is 36.8 Å². The van der Waals surface area contributed by atoms with Gasteiger partial charge in [0.1, 0.15) is 0 Å². The van der Waals surface area contributed by atoms with Crippen molar-refractivity contribution < 1.29 is 37.1 Å². The molecule has 2 heterocycles. The highest BCUT2D eigenvalue weighted by atomic mass is 19.4. The Morgan fingerprint density at radius 2 is 1.35 bits per heavy atom. The van der Waals surface area contributed by atoms with Crippen molar-refractivity contribution in [3.63, 3.8) is 0 Å². The second kappa shape index (κ2) is 7.69. The predicted octanol–water partition coefficient (Wildman–Crippen LogP) is 4.71. The average Bonchev–Trinajstić information content (AvgIpc) is 3.44. The summed E-state index contributed by atoms with van der Waals surface area (Å²) in [6.45, 7) is 1.86. The lowest BCUT2D eigenvalue weighted by molar-refractivity contribution is -0.137. The van der Waals surface area contributed by atoms with Crippen LogP contribution in [-0.2, 0) is 20.5 Å². The Kier molecular flexibility index (Phi) is 4.84. The van der Waals surface area contributed by atoms with Crippen molar-refractivity contribution >= 4 is 29.1 Å². The minimum atomic E-state index is -4.60. The number of nitrogens with zero attached hydrogens (tertiary/aromatic N) is 1. The number of hydrogen-bond acceptors (Lipinski definition) is 5. The van der Waals surface area contributed by atoms with Gasteiger partial charge in [-0.15, -0.1) is 0 Å². The SMILES string of the molecule is Cc1ccc([C@H]2OC3(C(=O)c4ccccc4C3=O)[C@@H]3C(=O)N(c4ccc(C(F)(F)F)cc4)C(=O)[C@@H]23)cc1. The van der Waals surface area contributed by atoms with Gasteiger partial charge in [-0.2, -0.15) is 13.2 Å². The first kappa shape index (κ1) is 23.3. The van der Waals surface area contributed by atoms with E-state index in [0.717, 1.165) is 34.7 Å². The number of ketones is 2. The summed E-state index contributed by atoms with van der Waals surface area (Å²) in [6, 6.07) is 16.7. The fraction of sp³-hybridized carbons (Fsp3) is 0.214. The molecule has 1 aliphatic carbocycles. The molecule has 0 bridgehead atoms. The maximum absolute atomic E-state index is 13.8. The lowest BCUT2D eigenvalue weighted by Gasteiger charge is -2.27. The molecule has 6 rings (SSSR count). The van der Waals surface area contributed by atoms with Crippen LogP contribution < -0.4 is 4.90 Å². The van der Waals surface area contributed by atoms with E-state index in [2.05, 4.69) is 0 Å². The van der Waals surface area contributed by atoms with Crippen LogP contribution in [-0.4, -0.2) is 29.0 Å². The Bertz CT molecular complexity index is 1460. The summed E-state index contributed by atoms with van der Waals surface area (Å²) >= 11 is 0. The zero-order valence-corrected chi connectivity index (χ0v) is 19.3. The third-order valence-corrected chi connectivity index (χ3v) is 7.38. The molecule has 3 atom stereocenters. The van der Waals surface area contributed by atoms with E-state index >= 15 is 0 Å². The van der Waals surface area contributed by atoms with Crippen molar-refractivity contribution in [1.82, 2.24) is 0 Å². The van der Waals surface area contributed by atoms with Crippen LogP contribution in [0.15, 0.2) is 72.8 Å². The molecule has 2 fully saturated rings. The summed E-state index contributed by atoms with van der Waals surface area (Å²) in [5, 5.41) is 0. The lowest BCUT2D eigenvalue weighted by atomic mass is 9.77. The third-order valence-electron chi connectivity index (χ3n) is 7.38. The van der Waals surface area contributed by atoms with E-state index in [0.29, 0.717) is 5.56 Å². The molecule has 9 heteroatoms. The van der Waals surface area contributed by atoms with Gasteiger partial charge in [0, 0.05) is 11.1 Å². The van der Waals surface area contributed by atoms with Crippen molar-refractivity contribution in [2.75, 3.05) is 4.90 Å². The summed E-state index contributed by atoms with van der Waals surface area (Å²) in [6.07, 6.45) is -5.69. The summed E-state index contributed by atoms with van der Waals surface area (Å²) in [5.74, 6) is -5.70. The molecule has 1 spiro atoms. The molecule has 2 amide bonds. The normalized spacial score (nSPS) is 24.2. The highest BCUT2D eigenvalue weighted by molar-refractivity contribution is 6.37. The molecule has 0 aromatic heterocycles. The van der Waals surface area contributed by atoms with Crippen LogP contribution in [0.3, 0.4) is 0 Å². The van der Waals surface area contributed by atoms with E-state index in [1.807, 2.05) is 6.92 Å². The molecule has 0 saturated carbocycles. The van der Waals surface area contributed by atoms with Crippen molar-refractivity contribution in [3.8, 4) is 0 Å². The fourth-order valence-electron chi connectivity index (χ4n) is 5.63. The molecule has 0 radical (unpaired) electrons. The predicted molar refractivity (Wildman–Crippen MR) is 124 cm³/mol. The van der Waals surface area contributed by atoms with E-state index in [1.165, 1.54) is 12.1 Å². The van der Waals surface area contributed by atoms with Crippen LogP contribution in [0, 0.1) is 18.8 Å². The maximum Gasteiger partial charge on any atom is 0.416 e. The molecule has 186 valence electrons. The standard InChI is InChI=1S/C28H18F3NO5/c1-14-6-8-15(9-7-14)22-20-21(27(37-22)23(33)18-4-2-3-5-19(18)24(27)34)26(36)32(25(20)35)17-12-10-16(11-13-17)28(29,30)31/h2-13,20-22H,1H3/t20-,21+,22-/m1/s1. The summed E-state index contributed by atoms with van der Waals surface area (Å²) in [7, 11) is 0. The molecule has 3 aromatic carbocycles. The Balaban J connectivity index is 1.50. The number of benzene rings is 3. The number of amides is 2. The molecular weight excluding hydrogens is 487 g/mol. The van der Waals surface area contributed by atoms with Crippen LogP contribution in [0.25, 0.3) is 0 Å². The molecular formula is C28H18F3NO5. The number of imide groups is 1. The van der Waals surface area contributed by atoms with Crippen LogP contribution in [0.1, 0.15) is 43.5 Å². The number of carbonyl (C=O) groups excluding carboxylic acids is 4. The van der Waals surface area contributed by atoms with E-state index in [-0.39, 0.29) is 16.8 Å². The second-order valence-electron chi connectivity index (χ2n) is 9.45.